The smallest absolute Gasteiger partial charge is 0.133 e. The van der Waals surface area contributed by atoms with Crippen molar-refractivity contribution < 1.29 is 4.74 Å². The van der Waals surface area contributed by atoms with Gasteiger partial charge in [-0.25, -0.2) is 0 Å². The van der Waals surface area contributed by atoms with Gasteiger partial charge in [-0.3, -0.25) is 0 Å². The predicted octanol–water partition coefficient (Wildman–Crippen LogP) is 3.50. The van der Waals surface area contributed by atoms with Crippen LogP contribution < -0.4 is 10.5 Å². The summed E-state index contributed by atoms with van der Waals surface area (Å²) in [6, 6.07) is 6.32. The molecular formula is C13H18BrNO. The minimum atomic E-state index is 0.168. The van der Waals surface area contributed by atoms with Crippen LogP contribution in [-0.2, 0) is 0 Å². The molecule has 16 heavy (non-hydrogen) atoms. The quantitative estimate of drug-likeness (QED) is 0.918. The molecule has 1 aliphatic rings. The zero-order valence-electron chi connectivity index (χ0n) is 9.74. The summed E-state index contributed by atoms with van der Waals surface area (Å²) >= 11 is 3.52. The Morgan fingerprint density at radius 1 is 1.56 bits per heavy atom. The van der Waals surface area contributed by atoms with Gasteiger partial charge < -0.3 is 10.5 Å². The van der Waals surface area contributed by atoms with Crippen molar-refractivity contribution in [2.75, 3.05) is 6.61 Å². The maximum atomic E-state index is 6.22. The molecule has 88 valence electrons. The van der Waals surface area contributed by atoms with Gasteiger partial charge in [0, 0.05) is 6.04 Å². The van der Waals surface area contributed by atoms with Crippen molar-refractivity contribution in [2.45, 2.75) is 26.3 Å². The van der Waals surface area contributed by atoms with Crippen molar-refractivity contribution in [3.05, 3.63) is 28.2 Å². The first kappa shape index (κ1) is 11.9. The van der Waals surface area contributed by atoms with Gasteiger partial charge in [0.05, 0.1) is 11.1 Å². The largest absolute Gasteiger partial charge is 0.493 e. The summed E-state index contributed by atoms with van der Waals surface area (Å²) in [4.78, 5) is 0. The molecule has 0 bridgehead atoms. The van der Waals surface area contributed by atoms with Crippen LogP contribution in [0.3, 0.4) is 0 Å². The topological polar surface area (TPSA) is 35.2 Å². The molecule has 0 saturated heterocycles. The number of hydrogen-bond acceptors (Lipinski definition) is 2. The summed E-state index contributed by atoms with van der Waals surface area (Å²) in [5, 5.41) is 0. The Labute approximate surface area is 105 Å². The van der Waals surface area contributed by atoms with Crippen LogP contribution in [0.25, 0.3) is 0 Å². The third-order valence-corrected chi connectivity index (χ3v) is 3.89. The van der Waals surface area contributed by atoms with Crippen LogP contribution in [0.1, 0.15) is 31.9 Å². The lowest BCUT2D eigenvalue weighted by atomic mass is 10.0. The molecule has 2 N–H and O–H groups in total. The molecule has 3 unspecified atom stereocenters. The Morgan fingerprint density at radius 3 is 2.75 bits per heavy atom. The fraction of sp³-hybridized carbons (Fsp3) is 0.538. The van der Waals surface area contributed by atoms with E-state index in [4.69, 9.17) is 10.5 Å². The minimum absolute atomic E-state index is 0.168. The third kappa shape index (κ3) is 2.41. The molecule has 1 aromatic carbocycles. The van der Waals surface area contributed by atoms with Gasteiger partial charge in [0.15, 0.2) is 0 Å². The summed E-state index contributed by atoms with van der Waals surface area (Å²) in [7, 11) is 0. The number of hydrogen-bond donors (Lipinski definition) is 1. The third-order valence-electron chi connectivity index (χ3n) is 3.27. The van der Waals surface area contributed by atoms with Crippen LogP contribution in [0.4, 0.5) is 0 Å². The van der Waals surface area contributed by atoms with Gasteiger partial charge in [0.2, 0.25) is 0 Å². The number of benzene rings is 1. The number of ether oxygens (including phenoxy) is 1. The number of nitrogens with two attached hydrogens (primary N) is 1. The average molecular weight is 284 g/mol. The van der Waals surface area contributed by atoms with Crippen LogP contribution in [0.5, 0.6) is 5.75 Å². The second kappa shape index (κ2) is 4.76. The molecule has 0 aromatic heterocycles. The van der Waals surface area contributed by atoms with E-state index in [-0.39, 0.29) is 6.04 Å². The van der Waals surface area contributed by atoms with Gasteiger partial charge in [-0.05, 0) is 58.8 Å². The standard InChI is InChI=1S/C13H18BrNO/c1-3-16-12-5-4-9(7-11(12)14)13(15)10-6-8(10)2/h4-5,7-8,10,13H,3,6,15H2,1-2H3. The molecule has 1 saturated carbocycles. The van der Waals surface area contributed by atoms with Crippen molar-refractivity contribution in [1.82, 2.24) is 0 Å². The highest BCUT2D eigenvalue weighted by Crippen LogP contribution is 2.46. The van der Waals surface area contributed by atoms with Gasteiger partial charge in [0.25, 0.3) is 0 Å². The fourth-order valence-electron chi connectivity index (χ4n) is 2.10. The first-order chi connectivity index (χ1) is 7.63. The van der Waals surface area contributed by atoms with Crippen molar-refractivity contribution in [1.29, 1.82) is 0 Å². The summed E-state index contributed by atoms with van der Waals surface area (Å²) in [5.41, 5.74) is 7.42. The van der Waals surface area contributed by atoms with E-state index in [1.54, 1.807) is 0 Å². The number of rotatable bonds is 4. The first-order valence-electron chi connectivity index (χ1n) is 5.81. The zero-order chi connectivity index (χ0) is 11.7. The summed E-state index contributed by atoms with van der Waals surface area (Å²) < 4.78 is 6.48. The second-order valence-electron chi connectivity index (χ2n) is 4.53. The second-order valence-corrected chi connectivity index (χ2v) is 5.38. The molecular weight excluding hydrogens is 266 g/mol. The molecule has 3 heteroatoms. The summed E-state index contributed by atoms with van der Waals surface area (Å²) in [5.74, 6) is 2.33. The Morgan fingerprint density at radius 2 is 2.25 bits per heavy atom. The normalized spacial score (nSPS) is 25.2. The van der Waals surface area contributed by atoms with E-state index in [1.165, 1.54) is 12.0 Å². The van der Waals surface area contributed by atoms with Crippen molar-refractivity contribution >= 4 is 15.9 Å². The highest BCUT2D eigenvalue weighted by Gasteiger charge is 2.38. The van der Waals surface area contributed by atoms with Crippen LogP contribution >= 0.6 is 15.9 Å². The molecule has 0 aliphatic heterocycles. The Kier molecular flexibility index (Phi) is 3.55. The monoisotopic (exact) mass is 283 g/mol. The van der Waals surface area contributed by atoms with Gasteiger partial charge in [-0.2, -0.15) is 0 Å². The minimum Gasteiger partial charge on any atom is -0.493 e. The molecule has 0 heterocycles. The van der Waals surface area contributed by atoms with E-state index >= 15 is 0 Å². The lowest BCUT2D eigenvalue weighted by Gasteiger charge is -2.13. The Balaban J connectivity index is 2.14. The molecule has 0 spiro atoms. The predicted molar refractivity (Wildman–Crippen MR) is 69.5 cm³/mol. The van der Waals surface area contributed by atoms with E-state index in [9.17, 15) is 0 Å². The van der Waals surface area contributed by atoms with Crippen LogP contribution in [-0.4, -0.2) is 6.61 Å². The van der Waals surface area contributed by atoms with E-state index in [0.717, 1.165) is 16.1 Å². The lowest BCUT2D eigenvalue weighted by molar-refractivity contribution is 0.338. The summed E-state index contributed by atoms with van der Waals surface area (Å²) in [6.45, 7) is 4.93. The Bertz CT molecular complexity index is 380. The molecule has 3 atom stereocenters. The molecule has 1 aliphatic carbocycles. The van der Waals surface area contributed by atoms with E-state index < -0.39 is 0 Å². The van der Waals surface area contributed by atoms with Crippen molar-refractivity contribution in [3.8, 4) is 5.75 Å². The maximum Gasteiger partial charge on any atom is 0.133 e. The maximum absolute atomic E-state index is 6.22. The molecule has 1 aromatic rings. The lowest BCUT2D eigenvalue weighted by Crippen LogP contribution is -2.13. The Hall–Kier alpha value is -0.540. The van der Waals surface area contributed by atoms with E-state index in [0.29, 0.717) is 12.5 Å². The molecule has 2 nitrogen and oxygen atoms in total. The van der Waals surface area contributed by atoms with Crippen molar-refractivity contribution in [2.24, 2.45) is 17.6 Å². The van der Waals surface area contributed by atoms with Crippen molar-refractivity contribution in [3.63, 3.8) is 0 Å². The van der Waals surface area contributed by atoms with Crippen LogP contribution in [0.15, 0.2) is 22.7 Å². The summed E-state index contributed by atoms with van der Waals surface area (Å²) in [6.07, 6.45) is 1.26. The SMILES string of the molecule is CCOc1ccc(C(N)C2CC2C)cc1Br. The molecule has 1 fully saturated rings. The van der Waals surface area contributed by atoms with Crippen LogP contribution in [0, 0.1) is 11.8 Å². The average Bonchev–Trinajstić information content (AvgIpc) is 2.98. The van der Waals surface area contributed by atoms with Gasteiger partial charge in [-0.1, -0.05) is 13.0 Å². The van der Waals surface area contributed by atoms with Gasteiger partial charge in [-0.15, -0.1) is 0 Å². The number of halogens is 1. The van der Waals surface area contributed by atoms with E-state index in [1.807, 2.05) is 13.0 Å². The zero-order valence-corrected chi connectivity index (χ0v) is 11.3. The fourth-order valence-corrected chi connectivity index (χ4v) is 2.61. The molecule has 2 rings (SSSR count). The first-order valence-corrected chi connectivity index (χ1v) is 6.60. The van der Waals surface area contributed by atoms with Gasteiger partial charge in [0.1, 0.15) is 5.75 Å². The van der Waals surface area contributed by atoms with E-state index in [2.05, 4.69) is 35.0 Å². The highest BCUT2D eigenvalue weighted by molar-refractivity contribution is 9.10. The highest BCUT2D eigenvalue weighted by atomic mass is 79.9. The molecule has 0 amide bonds. The van der Waals surface area contributed by atoms with Crippen LogP contribution in [0.2, 0.25) is 0 Å². The van der Waals surface area contributed by atoms with Gasteiger partial charge >= 0.3 is 0 Å². The molecule has 0 radical (unpaired) electrons.